The fraction of sp³-hybridized carbons (Fsp3) is 0.818. The van der Waals surface area contributed by atoms with Crippen molar-refractivity contribution in [3.05, 3.63) is 11.1 Å². The Labute approximate surface area is 74.8 Å². The second kappa shape index (κ2) is 2.59. The van der Waals surface area contributed by atoms with Crippen LogP contribution in [0, 0.1) is 5.92 Å². The number of rotatable bonds is 0. The standard InChI is InChI=1S/C11H18O/c1-8-5-4-6-10-9(8)7-12-11(10,2)3/h10H,4-7H2,1-3H3/t10-/m1/s1. The number of ether oxygens (including phenoxy) is 1. The average molecular weight is 166 g/mol. The van der Waals surface area contributed by atoms with Gasteiger partial charge in [-0.05, 0) is 45.6 Å². The third-order valence-corrected chi connectivity index (χ3v) is 3.45. The zero-order valence-electron chi connectivity index (χ0n) is 8.31. The van der Waals surface area contributed by atoms with Crippen LogP contribution in [0.5, 0.6) is 0 Å². The molecule has 0 radical (unpaired) electrons. The van der Waals surface area contributed by atoms with Crippen LogP contribution in [0.25, 0.3) is 0 Å². The highest BCUT2D eigenvalue weighted by Crippen LogP contribution is 2.43. The van der Waals surface area contributed by atoms with Gasteiger partial charge in [-0.15, -0.1) is 0 Å². The zero-order chi connectivity index (χ0) is 8.77. The van der Waals surface area contributed by atoms with Gasteiger partial charge in [0.05, 0.1) is 12.2 Å². The summed E-state index contributed by atoms with van der Waals surface area (Å²) >= 11 is 0. The van der Waals surface area contributed by atoms with Gasteiger partial charge in [-0.1, -0.05) is 5.57 Å². The van der Waals surface area contributed by atoms with Crippen LogP contribution in [0.2, 0.25) is 0 Å². The highest BCUT2D eigenvalue weighted by atomic mass is 16.5. The van der Waals surface area contributed by atoms with E-state index in [4.69, 9.17) is 4.74 Å². The Kier molecular flexibility index (Phi) is 1.80. The van der Waals surface area contributed by atoms with Gasteiger partial charge in [0.25, 0.3) is 0 Å². The summed E-state index contributed by atoms with van der Waals surface area (Å²) in [6, 6.07) is 0. The molecule has 1 heterocycles. The number of hydrogen-bond acceptors (Lipinski definition) is 1. The Morgan fingerprint density at radius 2 is 2.17 bits per heavy atom. The molecule has 2 rings (SSSR count). The quantitative estimate of drug-likeness (QED) is 0.503. The monoisotopic (exact) mass is 166 g/mol. The summed E-state index contributed by atoms with van der Waals surface area (Å²) in [7, 11) is 0. The zero-order valence-corrected chi connectivity index (χ0v) is 8.31. The summed E-state index contributed by atoms with van der Waals surface area (Å²) in [5.41, 5.74) is 3.31. The largest absolute Gasteiger partial charge is 0.371 e. The van der Waals surface area contributed by atoms with Crippen LogP contribution in [-0.2, 0) is 4.74 Å². The van der Waals surface area contributed by atoms with Gasteiger partial charge in [-0.2, -0.15) is 0 Å². The summed E-state index contributed by atoms with van der Waals surface area (Å²) in [6.45, 7) is 7.61. The Balaban J connectivity index is 2.33. The first-order chi connectivity index (χ1) is 5.61. The van der Waals surface area contributed by atoms with Gasteiger partial charge in [-0.25, -0.2) is 0 Å². The van der Waals surface area contributed by atoms with Crippen molar-refractivity contribution in [1.82, 2.24) is 0 Å². The molecule has 0 amide bonds. The van der Waals surface area contributed by atoms with Crippen LogP contribution in [-0.4, -0.2) is 12.2 Å². The van der Waals surface area contributed by atoms with Crippen LogP contribution in [0.3, 0.4) is 0 Å². The molecule has 1 saturated heterocycles. The fourth-order valence-electron chi connectivity index (χ4n) is 2.56. The normalized spacial score (nSPS) is 33.8. The van der Waals surface area contributed by atoms with Gasteiger partial charge in [0.1, 0.15) is 0 Å². The number of hydrogen-bond donors (Lipinski definition) is 0. The third kappa shape index (κ3) is 1.11. The molecule has 0 bridgehead atoms. The third-order valence-electron chi connectivity index (χ3n) is 3.45. The highest BCUT2D eigenvalue weighted by molar-refractivity contribution is 5.25. The lowest BCUT2D eigenvalue weighted by Crippen LogP contribution is -2.29. The van der Waals surface area contributed by atoms with E-state index >= 15 is 0 Å². The maximum absolute atomic E-state index is 5.80. The van der Waals surface area contributed by atoms with E-state index in [0.29, 0.717) is 5.92 Å². The topological polar surface area (TPSA) is 9.23 Å². The molecule has 0 aromatic heterocycles. The molecule has 0 aromatic rings. The highest BCUT2D eigenvalue weighted by Gasteiger charge is 2.40. The molecule has 0 saturated carbocycles. The van der Waals surface area contributed by atoms with E-state index < -0.39 is 0 Å². The van der Waals surface area contributed by atoms with Gasteiger partial charge < -0.3 is 4.74 Å². The van der Waals surface area contributed by atoms with Crippen LogP contribution in [0.1, 0.15) is 40.0 Å². The van der Waals surface area contributed by atoms with Crippen molar-refractivity contribution in [2.24, 2.45) is 5.92 Å². The van der Waals surface area contributed by atoms with E-state index in [9.17, 15) is 0 Å². The minimum absolute atomic E-state index is 0.108. The second-order valence-corrected chi connectivity index (χ2v) is 4.64. The number of fused-ring (bicyclic) bond motifs is 1. The van der Waals surface area contributed by atoms with Crippen LogP contribution >= 0.6 is 0 Å². The van der Waals surface area contributed by atoms with Crippen molar-refractivity contribution in [2.75, 3.05) is 6.61 Å². The molecule has 0 aromatic carbocycles. The minimum Gasteiger partial charge on any atom is -0.371 e. The molecule has 1 aliphatic carbocycles. The van der Waals surface area contributed by atoms with Gasteiger partial charge in [0.15, 0.2) is 0 Å². The lowest BCUT2D eigenvalue weighted by Gasteiger charge is -2.29. The van der Waals surface area contributed by atoms with Crippen LogP contribution < -0.4 is 0 Å². The lowest BCUT2D eigenvalue weighted by molar-refractivity contribution is 0.00883. The van der Waals surface area contributed by atoms with E-state index in [1.54, 1.807) is 11.1 Å². The molecular weight excluding hydrogens is 148 g/mol. The van der Waals surface area contributed by atoms with Crippen molar-refractivity contribution in [3.63, 3.8) is 0 Å². The van der Waals surface area contributed by atoms with Gasteiger partial charge >= 0.3 is 0 Å². The molecule has 0 unspecified atom stereocenters. The summed E-state index contributed by atoms with van der Waals surface area (Å²) in [5.74, 6) is 0.714. The van der Waals surface area contributed by atoms with Crippen LogP contribution in [0.4, 0.5) is 0 Å². The SMILES string of the molecule is CC1=C2COC(C)(C)[C@@H]2CCC1. The smallest absolute Gasteiger partial charge is 0.0696 e. The Morgan fingerprint density at radius 1 is 1.42 bits per heavy atom. The fourth-order valence-corrected chi connectivity index (χ4v) is 2.56. The molecule has 1 heteroatoms. The van der Waals surface area contributed by atoms with Crippen molar-refractivity contribution >= 4 is 0 Å². The number of allylic oxidation sites excluding steroid dienone is 1. The van der Waals surface area contributed by atoms with Gasteiger partial charge in [0, 0.05) is 5.92 Å². The summed E-state index contributed by atoms with van der Waals surface area (Å²) in [4.78, 5) is 0. The molecule has 68 valence electrons. The molecule has 1 nitrogen and oxygen atoms in total. The van der Waals surface area contributed by atoms with Gasteiger partial charge in [0.2, 0.25) is 0 Å². The molecule has 1 fully saturated rings. The molecule has 12 heavy (non-hydrogen) atoms. The minimum atomic E-state index is 0.108. The van der Waals surface area contributed by atoms with Crippen LogP contribution in [0.15, 0.2) is 11.1 Å². The summed E-state index contributed by atoms with van der Waals surface area (Å²) in [5, 5.41) is 0. The van der Waals surface area contributed by atoms with E-state index in [1.165, 1.54) is 19.3 Å². The maximum Gasteiger partial charge on any atom is 0.0696 e. The summed E-state index contributed by atoms with van der Waals surface area (Å²) in [6.07, 6.45) is 3.98. The average Bonchev–Trinajstić information content (AvgIpc) is 2.30. The van der Waals surface area contributed by atoms with E-state index in [1.807, 2.05) is 0 Å². The first-order valence-corrected chi connectivity index (χ1v) is 4.94. The van der Waals surface area contributed by atoms with Crippen molar-refractivity contribution in [1.29, 1.82) is 0 Å². The van der Waals surface area contributed by atoms with Gasteiger partial charge in [-0.3, -0.25) is 0 Å². The Hall–Kier alpha value is -0.300. The first kappa shape index (κ1) is 8.31. The van der Waals surface area contributed by atoms with E-state index in [2.05, 4.69) is 20.8 Å². The molecule has 1 aliphatic heterocycles. The first-order valence-electron chi connectivity index (χ1n) is 4.94. The maximum atomic E-state index is 5.80. The van der Waals surface area contributed by atoms with Crippen molar-refractivity contribution in [3.8, 4) is 0 Å². The molecule has 0 spiro atoms. The van der Waals surface area contributed by atoms with E-state index in [0.717, 1.165) is 6.61 Å². The lowest BCUT2D eigenvalue weighted by atomic mass is 9.77. The Bertz CT molecular complexity index is 225. The molecule has 1 atom stereocenters. The van der Waals surface area contributed by atoms with Crippen molar-refractivity contribution in [2.45, 2.75) is 45.6 Å². The van der Waals surface area contributed by atoms with E-state index in [-0.39, 0.29) is 5.60 Å². The molecule has 0 N–H and O–H groups in total. The molecular formula is C11H18O. The molecule has 2 aliphatic rings. The predicted octanol–water partition coefficient (Wildman–Crippen LogP) is 2.91. The Morgan fingerprint density at radius 3 is 2.83 bits per heavy atom. The second-order valence-electron chi connectivity index (χ2n) is 4.64. The van der Waals surface area contributed by atoms with Crippen molar-refractivity contribution < 1.29 is 4.74 Å². The summed E-state index contributed by atoms with van der Waals surface area (Å²) < 4.78 is 5.80. The predicted molar refractivity (Wildman–Crippen MR) is 50.1 cm³/mol.